The van der Waals surface area contributed by atoms with E-state index in [-0.39, 0.29) is 12.3 Å². The third-order valence-corrected chi connectivity index (χ3v) is 4.67. The molecule has 2 rings (SSSR count). The molecule has 23 heavy (non-hydrogen) atoms. The van der Waals surface area contributed by atoms with Crippen LogP contribution in [0.25, 0.3) is 10.1 Å². The van der Waals surface area contributed by atoms with Crippen molar-refractivity contribution in [1.82, 2.24) is 5.32 Å². The van der Waals surface area contributed by atoms with E-state index in [2.05, 4.69) is 22.8 Å². The number of carboxylic acid groups (broad SMARTS) is 1. The van der Waals surface area contributed by atoms with Gasteiger partial charge in [-0.3, -0.25) is 4.79 Å². The van der Waals surface area contributed by atoms with Gasteiger partial charge in [-0.15, -0.1) is 11.3 Å². The van der Waals surface area contributed by atoms with Gasteiger partial charge in [-0.25, -0.2) is 4.79 Å². The quantitative estimate of drug-likeness (QED) is 0.739. The average molecular weight is 335 g/mol. The number of aliphatic carboxylic acids is 1. The van der Waals surface area contributed by atoms with E-state index < -0.39 is 12.0 Å². The number of methoxy groups -OCH3 is 1. The van der Waals surface area contributed by atoms with E-state index in [1.165, 1.54) is 22.8 Å². The fraction of sp³-hybridized carbons (Fsp3) is 0.412. The number of nitrogens with one attached hydrogen (secondary N) is 1. The van der Waals surface area contributed by atoms with Crippen LogP contribution in [0.1, 0.15) is 24.8 Å². The van der Waals surface area contributed by atoms with Crippen LogP contribution >= 0.6 is 11.3 Å². The molecule has 0 bridgehead atoms. The zero-order valence-corrected chi connectivity index (χ0v) is 13.9. The number of benzene rings is 1. The number of thiophene rings is 1. The number of rotatable bonds is 9. The van der Waals surface area contributed by atoms with E-state index in [1.54, 1.807) is 11.3 Å². The van der Waals surface area contributed by atoms with Crippen LogP contribution < -0.4 is 5.32 Å². The normalized spacial score (nSPS) is 12.2. The largest absolute Gasteiger partial charge is 0.480 e. The molecule has 1 unspecified atom stereocenters. The van der Waals surface area contributed by atoms with Crippen molar-refractivity contribution in [3.63, 3.8) is 0 Å². The van der Waals surface area contributed by atoms with E-state index in [9.17, 15) is 9.59 Å². The number of amides is 1. The summed E-state index contributed by atoms with van der Waals surface area (Å²) in [6, 6.07) is 7.32. The minimum Gasteiger partial charge on any atom is -0.480 e. The molecular formula is C17H21NO4S. The maximum Gasteiger partial charge on any atom is 0.326 e. The third-order valence-electron chi connectivity index (χ3n) is 3.66. The van der Waals surface area contributed by atoms with Crippen LogP contribution in [0.15, 0.2) is 29.6 Å². The molecule has 0 aliphatic rings. The highest BCUT2D eigenvalue weighted by molar-refractivity contribution is 7.17. The minimum atomic E-state index is -1.03. The van der Waals surface area contributed by atoms with Crippen LogP contribution in [0.3, 0.4) is 0 Å². The average Bonchev–Trinajstić information content (AvgIpc) is 2.94. The summed E-state index contributed by atoms with van der Waals surface area (Å²) in [5, 5.41) is 15.0. The van der Waals surface area contributed by atoms with E-state index in [4.69, 9.17) is 9.84 Å². The zero-order valence-electron chi connectivity index (χ0n) is 13.1. The first-order valence-electron chi connectivity index (χ1n) is 7.58. The number of fused-ring (bicyclic) bond motifs is 1. The monoisotopic (exact) mass is 335 g/mol. The topological polar surface area (TPSA) is 75.6 Å². The van der Waals surface area contributed by atoms with Crippen molar-refractivity contribution in [2.45, 2.75) is 31.7 Å². The van der Waals surface area contributed by atoms with E-state index >= 15 is 0 Å². The zero-order chi connectivity index (χ0) is 16.7. The molecule has 2 N–H and O–H groups in total. The maximum absolute atomic E-state index is 11.9. The predicted octanol–water partition coefficient (Wildman–Crippen LogP) is 2.83. The molecule has 6 heteroatoms. The van der Waals surface area contributed by atoms with Crippen LogP contribution in [0.4, 0.5) is 0 Å². The molecule has 1 amide bonds. The fourth-order valence-electron chi connectivity index (χ4n) is 2.43. The van der Waals surface area contributed by atoms with Gasteiger partial charge in [0.25, 0.3) is 0 Å². The fourth-order valence-corrected chi connectivity index (χ4v) is 3.42. The number of carbonyl (C=O) groups excluding carboxylic acids is 1. The van der Waals surface area contributed by atoms with Gasteiger partial charge in [0.15, 0.2) is 0 Å². The Morgan fingerprint density at radius 1 is 1.35 bits per heavy atom. The van der Waals surface area contributed by atoms with Gasteiger partial charge in [0.1, 0.15) is 6.04 Å². The summed E-state index contributed by atoms with van der Waals surface area (Å²) in [7, 11) is 1.51. The molecule has 0 spiro atoms. The summed E-state index contributed by atoms with van der Waals surface area (Å²) in [4.78, 5) is 23.0. The molecule has 1 heterocycles. The summed E-state index contributed by atoms with van der Waals surface area (Å²) in [6.07, 6.45) is 2.10. The molecule has 0 fully saturated rings. The lowest BCUT2D eigenvalue weighted by atomic mass is 10.1. The Morgan fingerprint density at radius 2 is 2.13 bits per heavy atom. The Balaban J connectivity index is 1.81. The molecule has 2 aromatic rings. The summed E-state index contributed by atoms with van der Waals surface area (Å²) in [6.45, 7) is 0.304. The minimum absolute atomic E-state index is 0.229. The highest BCUT2D eigenvalue weighted by atomic mass is 32.1. The van der Waals surface area contributed by atoms with Crippen molar-refractivity contribution in [2.24, 2.45) is 0 Å². The first kappa shape index (κ1) is 17.4. The van der Waals surface area contributed by atoms with Crippen LogP contribution in [-0.2, 0) is 20.7 Å². The first-order chi connectivity index (χ1) is 11.1. The summed E-state index contributed by atoms with van der Waals surface area (Å²) in [5.74, 6) is -1.26. The molecular weight excluding hydrogens is 314 g/mol. The van der Waals surface area contributed by atoms with Gasteiger partial charge >= 0.3 is 5.97 Å². The molecule has 1 atom stereocenters. The smallest absolute Gasteiger partial charge is 0.326 e. The standard InChI is InChI=1S/C17H21NO4S/c1-22-10-9-14(17(20)21)18-16(19)8-4-5-12-11-23-15-7-3-2-6-13(12)15/h2-3,6-7,11,14H,4-5,8-10H2,1H3,(H,18,19)(H,20,21). The van der Waals surface area contributed by atoms with Gasteiger partial charge < -0.3 is 15.2 Å². The Hall–Kier alpha value is -1.92. The highest BCUT2D eigenvalue weighted by Crippen LogP contribution is 2.26. The first-order valence-corrected chi connectivity index (χ1v) is 8.46. The van der Waals surface area contributed by atoms with Gasteiger partial charge in [-0.2, -0.15) is 0 Å². The molecule has 0 aliphatic heterocycles. The highest BCUT2D eigenvalue weighted by Gasteiger charge is 2.19. The second kappa shape index (κ2) is 8.64. The maximum atomic E-state index is 11.9. The van der Waals surface area contributed by atoms with Crippen LogP contribution in [0.5, 0.6) is 0 Å². The van der Waals surface area contributed by atoms with E-state index in [0.717, 1.165) is 6.42 Å². The van der Waals surface area contributed by atoms with Crippen molar-refractivity contribution in [1.29, 1.82) is 0 Å². The van der Waals surface area contributed by atoms with E-state index in [1.807, 2.05) is 12.1 Å². The molecule has 0 saturated heterocycles. The van der Waals surface area contributed by atoms with Crippen molar-refractivity contribution >= 4 is 33.3 Å². The van der Waals surface area contributed by atoms with Gasteiger partial charge in [0.05, 0.1) is 0 Å². The summed E-state index contributed by atoms with van der Waals surface area (Å²) >= 11 is 1.70. The lowest BCUT2D eigenvalue weighted by molar-refractivity contribution is -0.142. The van der Waals surface area contributed by atoms with Crippen LogP contribution in [-0.4, -0.2) is 36.7 Å². The van der Waals surface area contributed by atoms with Crippen molar-refractivity contribution in [3.05, 3.63) is 35.2 Å². The van der Waals surface area contributed by atoms with Crippen LogP contribution in [0, 0.1) is 0 Å². The lowest BCUT2D eigenvalue weighted by Gasteiger charge is -2.13. The number of ether oxygens (including phenoxy) is 1. The number of carbonyl (C=O) groups is 2. The number of aryl methyl sites for hydroxylation is 1. The molecule has 1 aromatic carbocycles. The van der Waals surface area contributed by atoms with Crippen molar-refractivity contribution in [2.75, 3.05) is 13.7 Å². The molecule has 0 saturated carbocycles. The summed E-state index contributed by atoms with van der Waals surface area (Å²) in [5.41, 5.74) is 1.24. The second-order valence-electron chi connectivity index (χ2n) is 5.35. The Labute approximate surface area is 139 Å². The van der Waals surface area contributed by atoms with Gasteiger partial charge in [0.2, 0.25) is 5.91 Å². The molecule has 0 radical (unpaired) electrons. The van der Waals surface area contributed by atoms with Crippen molar-refractivity contribution < 1.29 is 19.4 Å². The molecule has 1 aromatic heterocycles. The predicted molar refractivity (Wildman–Crippen MR) is 90.8 cm³/mol. The van der Waals surface area contributed by atoms with Crippen molar-refractivity contribution in [3.8, 4) is 0 Å². The Morgan fingerprint density at radius 3 is 2.87 bits per heavy atom. The van der Waals surface area contributed by atoms with Gasteiger partial charge in [-0.05, 0) is 35.2 Å². The Kier molecular flexibility index (Phi) is 6.55. The van der Waals surface area contributed by atoms with E-state index in [0.29, 0.717) is 19.4 Å². The Bertz CT molecular complexity index is 667. The summed E-state index contributed by atoms with van der Waals surface area (Å²) < 4.78 is 6.11. The van der Waals surface area contributed by atoms with Gasteiger partial charge in [0, 0.05) is 31.3 Å². The molecule has 0 aliphatic carbocycles. The number of carboxylic acids is 1. The van der Waals surface area contributed by atoms with Gasteiger partial charge in [-0.1, -0.05) is 18.2 Å². The molecule has 124 valence electrons. The SMILES string of the molecule is COCCC(NC(=O)CCCc1csc2ccccc12)C(=O)O. The van der Waals surface area contributed by atoms with Crippen LogP contribution in [0.2, 0.25) is 0 Å². The third kappa shape index (κ3) is 5.04. The second-order valence-corrected chi connectivity index (χ2v) is 6.26. The lowest BCUT2D eigenvalue weighted by Crippen LogP contribution is -2.41. The number of hydrogen-bond acceptors (Lipinski definition) is 4. The molecule has 5 nitrogen and oxygen atoms in total. The number of hydrogen-bond donors (Lipinski definition) is 2.